The highest BCUT2D eigenvalue weighted by atomic mass is 32.2. The van der Waals surface area contributed by atoms with E-state index in [1.807, 2.05) is 6.07 Å². The Hall–Kier alpha value is -3.05. The van der Waals surface area contributed by atoms with E-state index < -0.39 is 16.0 Å². The molecule has 1 saturated heterocycles. The summed E-state index contributed by atoms with van der Waals surface area (Å²) in [6, 6.07) is 10.6. The third-order valence-corrected chi connectivity index (χ3v) is 6.64. The van der Waals surface area contributed by atoms with E-state index in [-0.39, 0.29) is 51.0 Å². The van der Waals surface area contributed by atoms with E-state index in [0.717, 1.165) is 5.56 Å². The van der Waals surface area contributed by atoms with Crippen molar-refractivity contribution in [1.29, 1.82) is 0 Å². The Morgan fingerprint density at radius 1 is 1.03 bits per heavy atom. The maximum absolute atomic E-state index is 12.6. The first-order chi connectivity index (χ1) is 14.8. The number of anilines is 1. The summed E-state index contributed by atoms with van der Waals surface area (Å²) >= 11 is 0. The number of ether oxygens (including phenoxy) is 1. The summed E-state index contributed by atoms with van der Waals surface area (Å²) in [5.74, 6) is -0.629. The summed E-state index contributed by atoms with van der Waals surface area (Å²) in [6.45, 7) is 0.443. The lowest BCUT2D eigenvalue weighted by atomic mass is 10.2. The summed E-state index contributed by atoms with van der Waals surface area (Å²) < 4.78 is 31.7. The molecule has 3 rings (SSSR count). The van der Waals surface area contributed by atoms with Gasteiger partial charge in [-0.25, -0.2) is 18.4 Å². The van der Waals surface area contributed by atoms with Gasteiger partial charge in [-0.2, -0.15) is 4.31 Å². The van der Waals surface area contributed by atoms with Crippen molar-refractivity contribution in [3.05, 3.63) is 54.4 Å². The normalized spacial score (nSPS) is 14.8. The zero-order valence-electron chi connectivity index (χ0n) is 17.3. The maximum atomic E-state index is 12.6. The van der Waals surface area contributed by atoms with Crippen LogP contribution in [0, 0.1) is 0 Å². The van der Waals surface area contributed by atoms with Gasteiger partial charge in [0.25, 0.3) is 5.91 Å². The van der Waals surface area contributed by atoms with Crippen LogP contribution in [0.25, 0.3) is 0 Å². The zero-order chi connectivity index (χ0) is 22.3. The standard InChI is InChI=1S/C20H25N5O5S/c1-23(20-21-8-5-9-22-20)14-19(27)30-15-18(26)24-10-12-25(13-11-24)31(28,29)16-17-6-3-2-4-7-17/h2-9H,10-16H2,1H3. The van der Waals surface area contributed by atoms with Crippen LogP contribution < -0.4 is 4.90 Å². The lowest BCUT2D eigenvalue weighted by molar-refractivity contribution is -0.151. The van der Waals surface area contributed by atoms with Crippen LogP contribution >= 0.6 is 0 Å². The Morgan fingerprint density at radius 3 is 2.32 bits per heavy atom. The van der Waals surface area contributed by atoms with Gasteiger partial charge < -0.3 is 14.5 Å². The first kappa shape index (κ1) is 22.6. The van der Waals surface area contributed by atoms with Crippen LogP contribution in [-0.2, 0) is 30.1 Å². The minimum atomic E-state index is -3.46. The summed E-state index contributed by atoms with van der Waals surface area (Å²) in [7, 11) is -1.81. The fourth-order valence-corrected chi connectivity index (χ4v) is 4.64. The number of esters is 1. The lowest BCUT2D eigenvalue weighted by Crippen LogP contribution is -2.51. The Kier molecular flexibility index (Phi) is 7.53. The molecule has 31 heavy (non-hydrogen) atoms. The highest BCUT2D eigenvalue weighted by Gasteiger charge is 2.29. The molecule has 1 aromatic heterocycles. The molecule has 0 atom stereocenters. The second-order valence-electron chi connectivity index (χ2n) is 7.09. The fourth-order valence-electron chi connectivity index (χ4n) is 3.12. The molecule has 1 aromatic carbocycles. The monoisotopic (exact) mass is 447 g/mol. The Balaban J connectivity index is 1.42. The number of carbonyl (C=O) groups is 2. The molecule has 0 bridgehead atoms. The van der Waals surface area contributed by atoms with Gasteiger partial charge in [-0.05, 0) is 11.6 Å². The number of hydrogen-bond acceptors (Lipinski definition) is 8. The number of amides is 1. The predicted molar refractivity (Wildman–Crippen MR) is 113 cm³/mol. The molecule has 1 aliphatic heterocycles. The van der Waals surface area contributed by atoms with Gasteiger partial charge >= 0.3 is 5.97 Å². The third kappa shape index (κ3) is 6.46. The number of hydrogen-bond donors (Lipinski definition) is 0. The number of likely N-dealkylation sites (N-methyl/N-ethyl adjacent to an activating group) is 1. The molecule has 0 aliphatic carbocycles. The van der Waals surface area contributed by atoms with Crippen molar-refractivity contribution in [2.24, 2.45) is 0 Å². The Morgan fingerprint density at radius 2 is 1.68 bits per heavy atom. The molecule has 1 amide bonds. The molecule has 10 nitrogen and oxygen atoms in total. The van der Waals surface area contributed by atoms with Gasteiger partial charge in [-0.3, -0.25) is 9.59 Å². The minimum absolute atomic E-state index is 0.0714. The van der Waals surface area contributed by atoms with Crippen molar-refractivity contribution in [2.45, 2.75) is 5.75 Å². The number of carbonyl (C=O) groups excluding carboxylic acids is 2. The van der Waals surface area contributed by atoms with Crippen LogP contribution in [-0.4, -0.2) is 85.8 Å². The van der Waals surface area contributed by atoms with E-state index in [0.29, 0.717) is 5.95 Å². The maximum Gasteiger partial charge on any atom is 0.326 e. The van der Waals surface area contributed by atoms with Crippen molar-refractivity contribution in [3.8, 4) is 0 Å². The van der Waals surface area contributed by atoms with Gasteiger partial charge in [0.2, 0.25) is 16.0 Å². The van der Waals surface area contributed by atoms with Crippen molar-refractivity contribution >= 4 is 27.8 Å². The number of sulfonamides is 1. The highest BCUT2D eigenvalue weighted by Crippen LogP contribution is 2.14. The molecule has 0 N–H and O–H groups in total. The molecule has 0 spiro atoms. The van der Waals surface area contributed by atoms with Gasteiger partial charge in [-0.15, -0.1) is 0 Å². The minimum Gasteiger partial charge on any atom is -0.454 e. The summed E-state index contributed by atoms with van der Waals surface area (Å²) in [6.07, 6.45) is 3.13. The topological polar surface area (TPSA) is 113 Å². The first-order valence-electron chi connectivity index (χ1n) is 9.78. The number of aromatic nitrogens is 2. The molecule has 0 unspecified atom stereocenters. The van der Waals surface area contributed by atoms with Gasteiger partial charge in [0.05, 0.1) is 5.75 Å². The van der Waals surface area contributed by atoms with Crippen LogP contribution in [0.2, 0.25) is 0 Å². The molecule has 2 heterocycles. The van der Waals surface area contributed by atoms with Crippen molar-refractivity contribution in [1.82, 2.24) is 19.2 Å². The van der Waals surface area contributed by atoms with E-state index >= 15 is 0 Å². The van der Waals surface area contributed by atoms with Gasteiger partial charge in [0, 0.05) is 45.6 Å². The molecule has 0 radical (unpaired) electrons. The molecule has 0 saturated carbocycles. The molecule has 1 aliphatic rings. The van der Waals surface area contributed by atoms with Crippen LogP contribution in [0.4, 0.5) is 5.95 Å². The van der Waals surface area contributed by atoms with Gasteiger partial charge in [0.15, 0.2) is 6.61 Å². The third-order valence-electron chi connectivity index (χ3n) is 4.79. The van der Waals surface area contributed by atoms with Crippen molar-refractivity contribution < 1.29 is 22.7 Å². The smallest absolute Gasteiger partial charge is 0.326 e. The second-order valence-corrected chi connectivity index (χ2v) is 9.06. The average Bonchev–Trinajstić information content (AvgIpc) is 2.78. The summed E-state index contributed by atoms with van der Waals surface area (Å²) in [5.41, 5.74) is 0.721. The quantitative estimate of drug-likeness (QED) is 0.525. The largest absolute Gasteiger partial charge is 0.454 e. The molecule has 166 valence electrons. The number of nitrogens with zero attached hydrogens (tertiary/aromatic N) is 5. The van der Waals surface area contributed by atoms with Gasteiger partial charge in [0.1, 0.15) is 6.54 Å². The van der Waals surface area contributed by atoms with Crippen LogP contribution in [0.3, 0.4) is 0 Å². The number of piperazine rings is 1. The van der Waals surface area contributed by atoms with Crippen LogP contribution in [0.15, 0.2) is 48.8 Å². The molecule has 11 heteroatoms. The SMILES string of the molecule is CN(CC(=O)OCC(=O)N1CCN(S(=O)(=O)Cc2ccccc2)CC1)c1ncccn1. The predicted octanol–water partition coefficient (Wildman–Crippen LogP) is 0.130. The van der Waals surface area contributed by atoms with Crippen LogP contribution in [0.1, 0.15) is 5.56 Å². The zero-order valence-corrected chi connectivity index (χ0v) is 18.1. The van der Waals surface area contributed by atoms with Crippen molar-refractivity contribution in [2.75, 3.05) is 51.3 Å². The van der Waals surface area contributed by atoms with E-state index in [1.54, 1.807) is 49.8 Å². The average molecular weight is 448 g/mol. The molecular formula is C20H25N5O5S. The van der Waals surface area contributed by atoms with Gasteiger partial charge in [-0.1, -0.05) is 30.3 Å². The molecule has 2 aromatic rings. The van der Waals surface area contributed by atoms with E-state index in [9.17, 15) is 18.0 Å². The van der Waals surface area contributed by atoms with E-state index in [4.69, 9.17) is 4.74 Å². The Labute approximate surface area is 181 Å². The highest BCUT2D eigenvalue weighted by molar-refractivity contribution is 7.88. The summed E-state index contributed by atoms with van der Waals surface area (Å²) in [5, 5.41) is 0. The molecular weight excluding hydrogens is 422 g/mol. The molecule has 1 fully saturated rings. The lowest BCUT2D eigenvalue weighted by Gasteiger charge is -2.34. The first-order valence-corrected chi connectivity index (χ1v) is 11.4. The Bertz CT molecular complexity index is 980. The number of benzene rings is 1. The van der Waals surface area contributed by atoms with E-state index in [2.05, 4.69) is 9.97 Å². The second kappa shape index (κ2) is 10.3. The van der Waals surface area contributed by atoms with Crippen LogP contribution in [0.5, 0.6) is 0 Å². The van der Waals surface area contributed by atoms with Crippen molar-refractivity contribution in [3.63, 3.8) is 0 Å². The fraction of sp³-hybridized carbons (Fsp3) is 0.400. The van der Waals surface area contributed by atoms with E-state index in [1.165, 1.54) is 14.1 Å². The summed E-state index contributed by atoms with van der Waals surface area (Å²) in [4.78, 5) is 35.4. The number of rotatable bonds is 8.